The molecule has 4 heteroatoms. The van der Waals surface area contributed by atoms with Crippen LogP contribution in [-0.4, -0.2) is 12.2 Å². The Morgan fingerprint density at radius 1 is 1.20 bits per heavy atom. The fraction of sp³-hybridized carbons (Fsp3) is 0.250. The number of rotatable bonds is 4. The van der Waals surface area contributed by atoms with Crippen molar-refractivity contribution >= 4 is 21.6 Å². The van der Waals surface area contributed by atoms with E-state index in [0.717, 1.165) is 32.6 Å². The van der Waals surface area contributed by atoms with Gasteiger partial charge in [-0.2, -0.15) is 0 Å². The first-order valence-electron chi connectivity index (χ1n) is 6.38. The van der Waals surface area contributed by atoms with E-state index in [9.17, 15) is 5.11 Å². The maximum Gasteiger partial charge on any atom is 0.143 e. The molecule has 2 N–H and O–H groups in total. The summed E-state index contributed by atoms with van der Waals surface area (Å²) in [6.45, 7) is 4.46. The highest BCUT2D eigenvalue weighted by molar-refractivity contribution is 9.10. The predicted molar refractivity (Wildman–Crippen MR) is 85.6 cm³/mol. The topological polar surface area (TPSA) is 41.5 Å². The zero-order valence-corrected chi connectivity index (χ0v) is 13.4. The van der Waals surface area contributed by atoms with Gasteiger partial charge in [-0.05, 0) is 37.1 Å². The summed E-state index contributed by atoms with van der Waals surface area (Å²) in [7, 11) is 1.65. The van der Waals surface area contributed by atoms with Crippen LogP contribution < -0.4 is 10.1 Å². The van der Waals surface area contributed by atoms with Crippen LogP contribution in [0.25, 0.3) is 0 Å². The molecule has 2 aromatic carbocycles. The molecule has 0 unspecified atom stereocenters. The summed E-state index contributed by atoms with van der Waals surface area (Å²) in [5.74, 6) is 1.12. The number of aromatic hydroxyl groups is 1. The van der Waals surface area contributed by atoms with Gasteiger partial charge in [0.1, 0.15) is 11.5 Å². The zero-order chi connectivity index (χ0) is 14.7. The molecule has 106 valence electrons. The zero-order valence-electron chi connectivity index (χ0n) is 11.8. The highest BCUT2D eigenvalue weighted by Gasteiger charge is 2.09. The summed E-state index contributed by atoms with van der Waals surface area (Å²) in [5, 5.41) is 13.4. The maximum atomic E-state index is 10.0. The van der Waals surface area contributed by atoms with E-state index in [2.05, 4.69) is 21.2 Å². The molecule has 0 spiro atoms. The molecule has 0 aliphatic heterocycles. The summed E-state index contributed by atoms with van der Waals surface area (Å²) < 4.78 is 6.38. The van der Waals surface area contributed by atoms with Crippen molar-refractivity contribution in [3.8, 4) is 11.5 Å². The first-order chi connectivity index (χ1) is 9.52. The second kappa shape index (κ2) is 6.18. The van der Waals surface area contributed by atoms with E-state index < -0.39 is 0 Å². The number of ether oxygens (including phenoxy) is 1. The molecule has 0 bridgehead atoms. The van der Waals surface area contributed by atoms with Crippen LogP contribution in [0.15, 0.2) is 34.8 Å². The molecule has 0 aromatic heterocycles. The number of phenols is 1. The Morgan fingerprint density at radius 3 is 2.65 bits per heavy atom. The monoisotopic (exact) mass is 335 g/mol. The molecule has 2 rings (SSSR count). The number of aryl methyl sites for hydroxylation is 2. The average molecular weight is 336 g/mol. The van der Waals surface area contributed by atoms with Crippen LogP contribution in [0.3, 0.4) is 0 Å². The molecule has 0 amide bonds. The third kappa shape index (κ3) is 3.07. The van der Waals surface area contributed by atoms with E-state index in [1.807, 2.05) is 44.2 Å². The molecule has 0 aliphatic carbocycles. The number of methoxy groups -OCH3 is 1. The van der Waals surface area contributed by atoms with Gasteiger partial charge in [-0.25, -0.2) is 0 Å². The largest absolute Gasteiger partial charge is 0.507 e. The summed E-state index contributed by atoms with van der Waals surface area (Å²) in [4.78, 5) is 0. The lowest BCUT2D eigenvalue weighted by Gasteiger charge is -2.15. The molecular weight excluding hydrogens is 318 g/mol. The van der Waals surface area contributed by atoms with Gasteiger partial charge >= 0.3 is 0 Å². The van der Waals surface area contributed by atoms with Crippen molar-refractivity contribution in [1.29, 1.82) is 0 Å². The van der Waals surface area contributed by atoms with Gasteiger partial charge in [0, 0.05) is 16.6 Å². The molecule has 20 heavy (non-hydrogen) atoms. The molecule has 3 nitrogen and oxygen atoms in total. The van der Waals surface area contributed by atoms with Gasteiger partial charge in [-0.15, -0.1) is 0 Å². The average Bonchev–Trinajstić information content (AvgIpc) is 2.41. The lowest BCUT2D eigenvalue weighted by atomic mass is 10.1. The van der Waals surface area contributed by atoms with Crippen molar-refractivity contribution in [1.82, 2.24) is 0 Å². The number of benzene rings is 2. The minimum Gasteiger partial charge on any atom is -0.507 e. The molecular formula is C16H18BrNO2. The SMILES string of the molecule is COc1cc(Br)cc(C)c1NCc1cccc(C)c1O. The Labute approximate surface area is 127 Å². The number of nitrogens with one attached hydrogen (secondary N) is 1. The summed E-state index contributed by atoms with van der Waals surface area (Å²) in [6, 6.07) is 9.70. The standard InChI is InChI=1S/C16H18BrNO2/c1-10-5-4-6-12(16(10)19)9-18-15-11(2)7-13(17)8-14(15)20-3/h4-8,18-19H,9H2,1-3H3. The molecule has 0 saturated carbocycles. The van der Waals surface area contributed by atoms with Gasteiger partial charge in [0.05, 0.1) is 12.8 Å². The number of anilines is 1. The van der Waals surface area contributed by atoms with Crippen molar-refractivity contribution < 1.29 is 9.84 Å². The van der Waals surface area contributed by atoms with Gasteiger partial charge in [0.25, 0.3) is 0 Å². The van der Waals surface area contributed by atoms with Crippen molar-refractivity contribution in [3.05, 3.63) is 51.5 Å². The predicted octanol–water partition coefficient (Wildman–Crippen LogP) is 4.39. The molecule has 0 radical (unpaired) electrons. The third-order valence-corrected chi connectivity index (χ3v) is 3.72. The summed E-state index contributed by atoms with van der Waals surface area (Å²) in [6.07, 6.45) is 0. The number of para-hydroxylation sites is 1. The van der Waals surface area contributed by atoms with Crippen LogP contribution >= 0.6 is 15.9 Å². The van der Waals surface area contributed by atoms with E-state index in [4.69, 9.17) is 4.74 Å². The minimum atomic E-state index is 0.341. The number of phenolic OH excluding ortho intramolecular Hbond substituents is 1. The number of hydrogen-bond acceptors (Lipinski definition) is 3. The Balaban J connectivity index is 2.25. The Hall–Kier alpha value is -1.68. The van der Waals surface area contributed by atoms with Crippen molar-refractivity contribution in [2.45, 2.75) is 20.4 Å². The van der Waals surface area contributed by atoms with Crippen LogP contribution in [-0.2, 0) is 6.54 Å². The van der Waals surface area contributed by atoms with Gasteiger partial charge < -0.3 is 15.2 Å². The van der Waals surface area contributed by atoms with Crippen LogP contribution in [0.2, 0.25) is 0 Å². The minimum absolute atomic E-state index is 0.341. The smallest absolute Gasteiger partial charge is 0.143 e. The lowest BCUT2D eigenvalue weighted by Crippen LogP contribution is -2.04. The van der Waals surface area contributed by atoms with E-state index in [1.165, 1.54) is 0 Å². The lowest BCUT2D eigenvalue weighted by molar-refractivity contribution is 0.415. The highest BCUT2D eigenvalue weighted by Crippen LogP contribution is 2.33. The van der Waals surface area contributed by atoms with Crippen molar-refractivity contribution in [3.63, 3.8) is 0 Å². The van der Waals surface area contributed by atoms with Crippen molar-refractivity contribution in [2.75, 3.05) is 12.4 Å². The van der Waals surface area contributed by atoms with E-state index in [1.54, 1.807) is 7.11 Å². The van der Waals surface area contributed by atoms with E-state index >= 15 is 0 Å². The van der Waals surface area contributed by atoms with Crippen LogP contribution in [0, 0.1) is 13.8 Å². The van der Waals surface area contributed by atoms with E-state index in [-0.39, 0.29) is 0 Å². The molecule has 2 aromatic rings. The fourth-order valence-electron chi connectivity index (χ4n) is 2.15. The second-order valence-electron chi connectivity index (χ2n) is 4.74. The van der Waals surface area contributed by atoms with E-state index in [0.29, 0.717) is 12.3 Å². The highest BCUT2D eigenvalue weighted by atomic mass is 79.9. The van der Waals surface area contributed by atoms with Crippen LogP contribution in [0.1, 0.15) is 16.7 Å². The first kappa shape index (κ1) is 14.7. The first-order valence-corrected chi connectivity index (χ1v) is 7.17. The molecule has 0 heterocycles. The quantitative estimate of drug-likeness (QED) is 0.870. The maximum absolute atomic E-state index is 10.0. The van der Waals surface area contributed by atoms with Gasteiger partial charge in [-0.1, -0.05) is 34.1 Å². The third-order valence-electron chi connectivity index (χ3n) is 3.26. The Bertz CT molecular complexity index is 626. The normalized spacial score (nSPS) is 10.4. The van der Waals surface area contributed by atoms with Crippen molar-refractivity contribution in [2.24, 2.45) is 0 Å². The number of hydrogen-bond donors (Lipinski definition) is 2. The molecule has 0 saturated heterocycles. The second-order valence-corrected chi connectivity index (χ2v) is 5.65. The molecule has 0 fully saturated rings. The van der Waals surface area contributed by atoms with Crippen LogP contribution in [0.4, 0.5) is 5.69 Å². The van der Waals surface area contributed by atoms with Crippen LogP contribution in [0.5, 0.6) is 11.5 Å². The molecule has 0 atom stereocenters. The summed E-state index contributed by atoms with van der Waals surface area (Å²) >= 11 is 3.46. The molecule has 0 aliphatic rings. The number of halogens is 1. The fourth-order valence-corrected chi connectivity index (χ4v) is 2.70. The Kier molecular flexibility index (Phi) is 4.55. The van der Waals surface area contributed by atoms with Gasteiger partial charge in [-0.3, -0.25) is 0 Å². The van der Waals surface area contributed by atoms with Gasteiger partial charge in [0.2, 0.25) is 0 Å². The Morgan fingerprint density at radius 2 is 1.95 bits per heavy atom. The summed E-state index contributed by atoms with van der Waals surface area (Å²) in [5.41, 5.74) is 3.78. The van der Waals surface area contributed by atoms with Gasteiger partial charge in [0.15, 0.2) is 0 Å².